The Hall–Kier alpha value is -2.81. The number of aliphatic hydroxyl groups excluding tert-OH is 1. The van der Waals surface area contributed by atoms with Crippen molar-refractivity contribution in [1.82, 2.24) is 19.1 Å². The highest BCUT2D eigenvalue weighted by atomic mass is 16.3. The number of aromatic nitrogens is 4. The van der Waals surface area contributed by atoms with Crippen LogP contribution < -0.4 is 16.6 Å². The molecular formula is C14H17N5O4. The Kier molecular flexibility index (Phi) is 3.78. The monoisotopic (exact) mass is 319 g/mol. The summed E-state index contributed by atoms with van der Waals surface area (Å²) in [5, 5.41) is 12.8. The van der Waals surface area contributed by atoms with Gasteiger partial charge in [-0.25, -0.2) is 4.79 Å². The van der Waals surface area contributed by atoms with Crippen LogP contribution in [0.15, 0.2) is 32.4 Å². The van der Waals surface area contributed by atoms with Crippen LogP contribution in [0.25, 0.3) is 11.2 Å². The molecule has 0 bridgehead atoms. The first-order valence-corrected chi connectivity index (χ1v) is 7.11. The lowest BCUT2D eigenvalue weighted by Gasteiger charge is -2.11. The van der Waals surface area contributed by atoms with Gasteiger partial charge in [0.2, 0.25) is 5.95 Å². The maximum absolute atomic E-state index is 12.1. The Labute approximate surface area is 130 Å². The Morgan fingerprint density at radius 3 is 2.91 bits per heavy atom. The van der Waals surface area contributed by atoms with Gasteiger partial charge in [-0.15, -0.1) is 0 Å². The minimum absolute atomic E-state index is 0.165. The highest BCUT2D eigenvalue weighted by Gasteiger charge is 2.18. The van der Waals surface area contributed by atoms with E-state index in [-0.39, 0.29) is 17.7 Å². The van der Waals surface area contributed by atoms with Gasteiger partial charge < -0.3 is 19.4 Å². The van der Waals surface area contributed by atoms with E-state index in [0.29, 0.717) is 18.3 Å². The number of anilines is 1. The molecule has 3 aromatic heterocycles. The number of furan rings is 1. The maximum Gasteiger partial charge on any atom is 0.329 e. The third-order valence-corrected chi connectivity index (χ3v) is 3.45. The smallest absolute Gasteiger partial charge is 0.329 e. The quantitative estimate of drug-likeness (QED) is 0.609. The largest absolute Gasteiger partial charge is 0.467 e. The zero-order valence-electron chi connectivity index (χ0n) is 12.7. The summed E-state index contributed by atoms with van der Waals surface area (Å²) in [6.45, 7) is 2.14. The van der Waals surface area contributed by atoms with Crippen molar-refractivity contribution in [2.24, 2.45) is 7.05 Å². The third kappa shape index (κ3) is 2.78. The number of nitrogens with one attached hydrogen (secondary N) is 2. The number of imidazole rings is 1. The number of nitrogens with zero attached hydrogens (tertiary/aromatic N) is 3. The fraction of sp³-hybridized carbons (Fsp3) is 0.357. The molecular weight excluding hydrogens is 302 g/mol. The summed E-state index contributed by atoms with van der Waals surface area (Å²) in [5.41, 5.74) is -0.597. The molecule has 9 heteroatoms. The van der Waals surface area contributed by atoms with E-state index >= 15 is 0 Å². The summed E-state index contributed by atoms with van der Waals surface area (Å²) in [6, 6.07) is 3.57. The standard InChI is InChI=1S/C14H17N5O4/c1-8(20)7-19-10-11(18(2)14(22)17-12(10)21)16-13(19)15-6-9-4-3-5-23-9/h3-5,8,20H,6-7H2,1-2H3,(H,15,16)(H,17,21,22). The van der Waals surface area contributed by atoms with Gasteiger partial charge in [-0.05, 0) is 19.1 Å². The minimum atomic E-state index is -0.687. The van der Waals surface area contributed by atoms with E-state index in [4.69, 9.17) is 4.42 Å². The van der Waals surface area contributed by atoms with Crippen LogP contribution in [-0.4, -0.2) is 30.3 Å². The van der Waals surface area contributed by atoms with Crippen molar-refractivity contribution in [2.45, 2.75) is 26.1 Å². The molecule has 0 aliphatic heterocycles. The number of aryl methyl sites for hydroxylation is 1. The molecule has 9 nitrogen and oxygen atoms in total. The highest BCUT2D eigenvalue weighted by molar-refractivity contribution is 5.74. The molecule has 0 aliphatic carbocycles. The van der Waals surface area contributed by atoms with Crippen LogP contribution >= 0.6 is 0 Å². The molecule has 23 heavy (non-hydrogen) atoms. The topological polar surface area (TPSA) is 118 Å². The van der Waals surface area contributed by atoms with Crippen molar-refractivity contribution in [3.63, 3.8) is 0 Å². The number of hydrogen-bond donors (Lipinski definition) is 3. The summed E-state index contributed by atoms with van der Waals surface area (Å²) < 4.78 is 8.06. The third-order valence-electron chi connectivity index (χ3n) is 3.45. The van der Waals surface area contributed by atoms with Crippen molar-refractivity contribution in [1.29, 1.82) is 0 Å². The molecule has 122 valence electrons. The van der Waals surface area contributed by atoms with E-state index in [1.54, 1.807) is 29.9 Å². The molecule has 0 amide bonds. The average molecular weight is 319 g/mol. The van der Waals surface area contributed by atoms with Crippen LogP contribution in [0.1, 0.15) is 12.7 Å². The second-order valence-electron chi connectivity index (χ2n) is 5.32. The fourth-order valence-electron chi connectivity index (χ4n) is 2.39. The van der Waals surface area contributed by atoms with Gasteiger partial charge in [-0.1, -0.05) is 0 Å². The van der Waals surface area contributed by atoms with E-state index in [1.807, 2.05) is 0 Å². The van der Waals surface area contributed by atoms with E-state index < -0.39 is 17.4 Å². The van der Waals surface area contributed by atoms with Crippen molar-refractivity contribution in [2.75, 3.05) is 5.32 Å². The molecule has 0 saturated carbocycles. The Bertz CT molecular complexity index is 933. The summed E-state index contributed by atoms with van der Waals surface area (Å²) in [5.74, 6) is 1.08. The van der Waals surface area contributed by atoms with E-state index in [1.165, 1.54) is 11.6 Å². The summed E-state index contributed by atoms with van der Waals surface area (Å²) in [4.78, 5) is 30.4. The van der Waals surface area contributed by atoms with Gasteiger partial charge in [-0.3, -0.25) is 14.3 Å². The molecule has 3 aromatic rings. The lowest BCUT2D eigenvalue weighted by atomic mass is 10.4. The molecule has 0 saturated heterocycles. The number of H-pyrrole nitrogens is 1. The fourth-order valence-corrected chi connectivity index (χ4v) is 2.39. The molecule has 3 rings (SSSR count). The number of rotatable bonds is 5. The van der Waals surface area contributed by atoms with Gasteiger partial charge in [0, 0.05) is 7.05 Å². The van der Waals surface area contributed by atoms with E-state index in [2.05, 4.69) is 15.3 Å². The molecule has 1 atom stereocenters. The second-order valence-corrected chi connectivity index (χ2v) is 5.32. The van der Waals surface area contributed by atoms with Crippen LogP contribution in [0.3, 0.4) is 0 Å². The van der Waals surface area contributed by atoms with Crippen LogP contribution in [0, 0.1) is 0 Å². The predicted molar refractivity (Wildman–Crippen MR) is 83.3 cm³/mol. The molecule has 0 aromatic carbocycles. The number of fused-ring (bicyclic) bond motifs is 1. The minimum Gasteiger partial charge on any atom is -0.467 e. The van der Waals surface area contributed by atoms with Gasteiger partial charge >= 0.3 is 5.69 Å². The molecule has 0 spiro atoms. The molecule has 0 radical (unpaired) electrons. The van der Waals surface area contributed by atoms with Gasteiger partial charge in [0.25, 0.3) is 5.56 Å². The molecule has 3 heterocycles. The molecule has 3 N–H and O–H groups in total. The molecule has 1 unspecified atom stereocenters. The van der Waals surface area contributed by atoms with Crippen LogP contribution in [-0.2, 0) is 20.1 Å². The van der Waals surface area contributed by atoms with Crippen LogP contribution in [0.5, 0.6) is 0 Å². The first-order valence-electron chi connectivity index (χ1n) is 7.11. The SMILES string of the molecule is CC(O)Cn1c(NCc2ccco2)nc2c1c(=O)[nH]c(=O)n2C. The van der Waals surface area contributed by atoms with Gasteiger partial charge in [0.1, 0.15) is 5.76 Å². The number of aliphatic hydroxyl groups is 1. The summed E-state index contributed by atoms with van der Waals surface area (Å²) in [7, 11) is 1.52. The predicted octanol–water partition coefficient (Wildman–Crippen LogP) is 0.00920. The van der Waals surface area contributed by atoms with Gasteiger partial charge in [0.05, 0.1) is 25.5 Å². The number of aromatic amines is 1. The van der Waals surface area contributed by atoms with E-state index in [9.17, 15) is 14.7 Å². The van der Waals surface area contributed by atoms with Crippen LogP contribution in [0.4, 0.5) is 5.95 Å². The van der Waals surface area contributed by atoms with Crippen LogP contribution in [0.2, 0.25) is 0 Å². The Balaban J connectivity index is 2.11. The summed E-state index contributed by atoms with van der Waals surface area (Å²) in [6.07, 6.45) is 0.873. The van der Waals surface area contributed by atoms with Crippen molar-refractivity contribution in [3.05, 3.63) is 45.0 Å². The van der Waals surface area contributed by atoms with Gasteiger partial charge in [0.15, 0.2) is 11.2 Å². The zero-order chi connectivity index (χ0) is 16.6. The van der Waals surface area contributed by atoms with Crippen molar-refractivity contribution >= 4 is 17.1 Å². The molecule has 0 aliphatic rings. The lowest BCUT2D eigenvalue weighted by molar-refractivity contribution is 0.175. The normalized spacial score (nSPS) is 12.7. The Morgan fingerprint density at radius 1 is 1.48 bits per heavy atom. The maximum atomic E-state index is 12.1. The second kappa shape index (κ2) is 5.76. The lowest BCUT2D eigenvalue weighted by Crippen LogP contribution is -2.29. The van der Waals surface area contributed by atoms with Gasteiger partial charge in [-0.2, -0.15) is 4.98 Å². The molecule has 0 fully saturated rings. The highest BCUT2D eigenvalue weighted by Crippen LogP contribution is 2.17. The Morgan fingerprint density at radius 2 is 2.26 bits per heavy atom. The number of hydrogen-bond acceptors (Lipinski definition) is 6. The van der Waals surface area contributed by atoms with Crippen molar-refractivity contribution in [3.8, 4) is 0 Å². The zero-order valence-corrected chi connectivity index (χ0v) is 12.7. The van der Waals surface area contributed by atoms with E-state index in [0.717, 1.165) is 0 Å². The van der Waals surface area contributed by atoms with Crippen molar-refractivity contribution < 1.29 is 9.52 Å². The average Bonchev–Trinajstić information content (AvgIpc) is 3.10. The first-order chi connectivity index (χ1) is 11.0. The summed E-state index contributed by atoms with van der Waals surface area (Å²) >= 11 is 0. The first kappa shape index (κ1) is 15.1.